The number of anilines is 3. The number of nitrogens with zero attached hydrogens (tertiary/aromatic N) is 7. The molecule has 0 bridgehead atoms. The molecule has 2 aliphatic heterocycles. The van der Waals surface area contributed by atoms with Gasteiger partial charge in [0.2, 0.25) is 0 Å². The summed E-state index contributed by atoms with van der Waals surface area (Å²) in [7, 11) is 0. The lowest BCUT2D eigenvalue weighted by atomic mass is 10.1. The summed E-state index contributed by atoms with van der Waals surface area (Å²) in [6, 6.07) is 36.9. The molecule has 4 N–H and O–H groups in total. The monoisotopic (exact) mass is 897 g/mol. The van der Waals surface area contributed by atoms with Crippen LogP contribution in [0.5, 0.6) is 0 Å². The van der Waals surface area contributed by atoms with Crippen LogP contribution in [0.1, 0.15) is 34.0 Å². The van der Waals surface area contributed by atoms with Gasteiger partial charge in [-0.05, 0) is 37.5 Å². The van der Waals surface area contributed by atoms with Gasteiger partial charge in [0.15, 0.2) is 17.5 Å². The Morgan fingerprint density at radius 3 is 1.72 bits per heavy atom. The van der Waals surface area contributed by atoms with Gasteiger partial charge in [0.1, 0.15) is 17.3 Å². The third-order valence-electron chi connectivity index (χ3n) is 10.7. The summed E-state index contributed by atoms with van der Waals surface area (Å²) < 4.78 is 20.6. The molecule has 0 saturated carbocycles. The van der Waals surface area contributed by atoms with E-state index < -0.39 is 6.10 Å². The second-order valence-corrected chi connectivity index (χ2v) is 16.6. The van der Waals surface area contributed by atoms with E-state index in [0.717, 1.165) is 107 Å². The molecule has 2 saturated heterocycles. The van der Waals surface area contributed by atoms with Crippen molar-refractivity contribution in [2.45, 2.75) is 58.7 Å². The lowest BCUT2D eigenvalue weighted by molar-refractivity contribution is 0.127. The van der Waals surface area contributed by atoms with Crippen molar-refractivity contribution in [1.82, 2.24) is 30.2 Å². The number of aliphatic hydroxyl groups excluding tert-OH is 2. The zero-order valence-corrected chi connectivity index (χ0v) is 38.0. The van der Waals surface area contributed by atoms with Gasteiger partial charge in [-0.1, -0.05) is 106 Å². The average molecular weight is 899 g/mol. The minimum absolute atomic E-state index is 0.0620. The number of piperazine rings is 1. The van der Waals surface area contributed by atoms with E-state index in [9.17, 15) is 10.2 Å². The predicted molar refractivity (Wildman–Crippen MR) is 251 cm³/mol. The summed E-state index contributed by atoms with van der Waals surface area (Å²) in [4.78, 5) is 9.09. The zero-order valence-electron chi connectivity index (χ0n) is 37.3. The molecule has 344 valence electrons. The van der Waals surface area contributed by atoms with Crippen LogP contribution in [-0.4, -0.2) is 137 Å². The van der Waals surface area contributed by atoms with Crippen molar-refractivity contribution >= 4 is 29.1 Å². The van der Waals surface area contributed by atoms with E-state index in [0.29, 0.717) is 19.2 Å². The number of benzene rings is 3. The third-order valence-corrected chi connectivity index (χ3v) is 11.0. The number of aryl methyl sites for hydroxylation is 3. The number of halogens is 1. The van der Waals surface area contributed by atoms with Crippen LogP contribution in [0.2, 0.25) is 0 Å². The molecule has 6 aromatic rings. The molecule has 8 rings (SSSR count). The van der Waals surface area contributed by atoms with Crippen LogP contribution in [0.15, 0.2) is 123 Å². The highest BCUT2D eigenvalue weighted by atomic mass is 35.5. The number of rotatable bonds is 21. The standard InChI is InChI=1S/C16H22ClN3O2.2C16H21N3O2/c1-13-9-16(19-22-13)18-7-8-20(12-15(21)10-17)11-14-5-3-2-4-6-14;1-13-9-16(17-21-13)19-8-7-18(11-15(19)12-20)10-14-5-3-2-4-6-14;1-13-9-16(18-21-13)17-7-8-19(11-15-12-20-15)10-14-5-3-2-4-6-14/h2-6,9,15,21H,7-8,10-12H2,1H3,(H,18,19);2-6,9,15,20H,7-8,10-12H2,1H3;2-6,9,15H,7-8,10-12H2,1H3,(H,17,18)/t3*15-/m110/s1. The normalized spacial score (nSPS) is 16.5. The first-order valence-corrected chi connectivity index (χ1v) is 22.6. The van der Waals surface area contributed by atoms with E-state index in [1.165, 1.54) is 16.7 Å². The number of aromatic nitrogens is 3. The van der Waals surface area contributed by atoms with Gasteiger partial charge in [0, 0.05) is 103 Å². The fourth-order valence-corrected chi connectivity index (χ4v) is 7.49. The summed E-state index contributed by atoms with van der Waals surface area (Å²) in [5.74, 6) is 5.00. The maximum atomic E-state index is 9.80. The van der Waals surface area contributed by atoms with E-state index in [-0.39, 0.29) is 18.5 Å². The van der Waals surface area contributed by atoms with Crippen LogP contribution in [-0.2, 0) is 24.4 Å². The molecule has 5 heterocycles. The first-order valence-electron chi connectivity index (χ1n) is 22.0. The lowest BCUT2D eigenvalue weighted by Crippen LogP contribution is -2.54. The van der Waals surface area contributed by atoms with Crippen molar-refractivity contribution < 1.29 is 28.5 Å². The molecule has 0 unspecified atom stereocenters. The van der Waals surface area contributed by atoms with E-state index in [1.807, 2.05) is 69.3 Å². The highest BCUT2D eigenvalue weighted by molar-refractivity contribution is 6.18. The van der Waals surface area contributed by atoms with Crippen molar-refractivity contribution in [3.8, 4) is 0 Å². The quantitative estimate of drug-likeness (QED) is 0.0459. The van der Waals surface area contributed by atoms with Crippen molar-refractivity contribution in [2.24, 2.45) is 0 Å². The number of alkyl halides is 1. The average Bonchev–Trinajstić information content (AvgIpc) is 3.60. The molecule has 0 aliphatic carbocycles. The molecule has 3 atom stereocenters. The molecule has 15 nitrogen and oxygen atoms in total. The smallest absolute Gasteiger partial charge is 0.172 e. The number of hydrogen-bond donors (Lipinski definition) is 4. The summed E-state index contributed by atoms with van der Waals surface area (Å²) in [6.07, 6.45) is -0.123. The Balaban J connectivity index is 0.000000159. The molecule has 3 aromatic heterocycles. The maximum absolute atomic E-state index is 9.80. The van der Waals surface area contributed by atoms with E-state index in [4.69, 9.17) is 29.9 Å². The summed E-state index contributed by atoms with van der Waals surface area (Å²) in [5.41, 5.74) is 3.84. The van der Waals surface area contributed by atoms with Gasteiger partial charge in [-0.2, -0.15) is 0 Å². The molecule has 3 aromatic carbocycles. The molecule has 0 amide bonds. The van der Waals surface area contributed by atoms with Crippen LogP contribution in [0.3, 0.4) is 0 Å². The Kier molecular flexibility index (Phi) is 19.5. The Labute approximate surface area is 381 Å². The van der Waals surface area contributed by atoms with Gasteiger partial charge >= 0.3 is 0 Å². The largest absolute Gasteiger partial charge is 0.394 e. The summed E-state index contributed by atoms with van der Waals surface area (Å²) >= 11 is 5.72. The van der Waals surface area contributed by atoms with Crippen molar-refractivity contribution in [2.75, 3.05) is 93.5 Å². The van der Waals surface area contributed by atoms with Crippen molar-refractivity contribution in [3.63, 3.8) is 0 Å². The fourth-order valence-electron chi connectivity index (χ4n) is 7.40. The highest BCUT2D eigenvalue weighted by Crippen LogP contribution is 2.21. The molecule has 2 aliphatic rings. The van der Waals surface area contributed by atoms with Crippen LogP contribution >= 0.6 is 11.6 Å². The summed E-state index contributed by atoms with van der Waals surface area (Å²) in [5, 5.41) is 37.9. The SMILES string of the molecule is Cc1cc(N2CCN(Cc3ccccc3)C[C@@H]2CO)no1.Cc1cc(NCCN(Cc2ccccc2)C[C@H](O)CCl)no1.Cc1cc(NCCN(Cc2ccccc2)C[C@H]2CO2)no1. The van der Waals surface area contributed by atoms with Gasteiger partial charge in [-0.3, -0.25) is 14.7 Å². The van der Waals surface area contributed by atoms with Crippen molar-refractivity contribution in [3.05, 3.63) is 143 Å². The topological polar surface area (TPSA) is 168 Å². The molecule has 2 fully saturated rings. The minimum atomic E-state index is -0.528. The van der Waals surface area contributed by atoms with E-state index in [1.54, 1.807) is 0 Å². The number of aliphatic hydroxyl groups is 2. The van der Waals surface area contributed by atoms with Crippen LogP contribution < -0.4 is 15.5 Å². The maximum Gasteiger partial charge on any atom is 0.172 e. The Morgan fingerprint density at radius 1 is 0.719 bits per heavy atom. The minimum Gasteiger partial charge on any atom is -0.394 e. The van der Waals surface area contributed by atoms with E-state index >= 15 is 0 Å². The molecule has 16 heteroatoms. The van der Waals surface area contributed by atoms with Crippen LogP contribution in [0, 0.1) is 20.8 Å². The first kappa shape index (κ1) is 48.2. The van der Waals surface area contributed by atoms with Gasteiger partial charge in [-0.25, -0.2) is 0 Å². The Morgan fingerprint density at radius 2 is 1.23 bits per heavy atom. The Bertz CT molecular complexity index is 2150. The number of hydrogen-bond acceptors (Lipinski definition) is 15. The number of epoxide rings is 1. The van der Waals surface area contributed by atoms with Gasteiger partial charge in [-0.15, -0.1) is 11.6 Å². The van der Waals surface area contributed by atoms with Gasteiger partial charge in [0.25, 0.3) is 0 Å². The highest BCUT2D eigenvalue weighted by Gasteiger charge is 2.29. The number of ether oxygens (including phenoxy) is 1. The van der Waals surface area contributed by atoms with Gasteiger partial charge < -0.3 is 44.1 Å². The lowest BCUT2D eigenvalue weighted by Gasteiger charge is -2.40. The van der Waals surface area contributed by atoms with Crippen LogP contribution in [0.4, 0.5) is 17.5 Å². The second kappa shape index (κ2) is 25.9. The van der Waals surface area contributed by atoms with Crippen LogP contribution in [0.25, 0.3) is 0 Å². The third kappa shape index (κ3) is 17.0. The Hall–Kier alpha value is -5.26. The van der Waals surface area contributed by atoms with Crippen molar-refractivity contribution in [1.29, 1.82) is 0 Å². The second-order valence-electron chi connectivity index (χ2n) is 16.3. The van der Waals surface area contributed by atoms with Gasteiger partial charge in [0.05, 0.1) is 31.5 Å². The fraction of sp³-hybridized carbons (Fsp3) is 0.438. The molecule has 0 spiro atoms. The number of nitrogens with one attached hydrogen (secondary N) is 2. The molecule has 0 radical (unpaired) electrons. The molecular weight excluding hydrogens is 834 g/mol. The predicted octanol–water partition coefficient (Wildman–Crippen LogP) is 6.46. The molecule has 64 heavy (non-hydrogen) atoms. The van der Waals surface area contributed by atoms with E-state index in [2.05, 4.69) is 106 Å². The zero-order chi connectivity index (χ0) is 44.9. The molecular formula is C48H64ClN9O6. The summed E-state index contributed by atoms with van der Waals surface area (Å²) in [6.45, 7) is 16.7. The first-order chi connectivity index (χ1) is 31.2.